The van der Waals surface area contributed by atoms with Gasteiger partial charge in [0, 0.05) is 5.38 Å². The monoisotopic (exact) mass is 485 g/mol. The van der Waals surface area contributed by atoms with Gasteiger partial charge in [0.25, 0.3) is 5.91 Å². The predicted octanol–water partition coefficient (Wildman–Crippen LogP) is 6.79. The van der Waals surface area contributed by atoms with Crippen LogP contribution in [-0.4, -0.2) is 24.1 Å². The number of benzene rings is 2. The summed E-state index contributed by atoms with van der Waals surface area (Å²) in [5.41, 5.74) is 2.42. The molecule has 172 valence electrons. The fraction of sp³-hybridized carbons (Fsp3) is 0.200. The average molecular weight is 486 g/mol. The van der Waals surface area contributed by atoms with Crippen molar-refractivity contribution in [2.75, 3.05) is 12.4 Å². The van der Waals surface area contributed by atoms with Gasteiger partial charge in [0.15, 0.2) is 5.76 Å². The molecular formula is C25H24ClNO5S. The quantitative estimate of drug-likeness (QED) is 0.271. The van der Waals surface area contributed by atoms with E-state index < -0.39 is 11.9 Å². The molecular weight excluding hydrogens is 462 g/mol. The lowest BCUT2D eigenvalue weighted by atomic mass is 10.1. The van der Waals surface area contributed by atoms with Crippen molar-refractivity contribution < 1.29 is 24.2 Å². The molecule has 8 heteroatoms. The van der Waals surface area contributed by atoms with Gasteiger partial charge in [-0.3, -0.25) is 4.79 Å². The van der Waals surface area contributed by atoms with E-state index in [-0.39, 0.29) is 17.0 Å². The summed E-state index contributed by atoms with van der Waals surface area (Å²) in [7, 11) is 1.49. The third-order valence-corrected chi connectivity index (χ3v) is 6.44. The number of allylic oxidation sites excluding steroid dienone is 1. The number of ether oxygens (including phenoxy) is 2. The summed E-state index contributed by atoms with van der Waals surface area (Å²) in [6.07, 6.45) is 0.597. The Balaban J connectivity index is 1.97. The summed E-state index contributed by atoms with van der Waals surface area (Å²) in [6.45, 7) is 5.62. The number of hydrogen-bond acceptors (Lipinski definition) is 5. The maximum absolute atomic E-state index is 13.2. The van der Waals surface area contributed by atoms with Crippen LogP contribution < -0.4 is 14.8 Å². The summed E-state index contributed by atoms with van der Waals surface area (Å²) in [4.78, 5) is 25.8. The molecule has 2 N–H and O–H groups in total. The van der Waals surface area contributed by atoms with Crippen molar-refractivity contribution in [3.8, 4) is 21.9 Å². The number of carbonyl (C=O) groups is 2. The van der Waals surface area contributed by atoms with Crippen molar-refractivity contribution in [2.24, 2.45) is 0 Å². The second-order valence-corrected chi connectivity index (χ2v) is 8.58. The number of carboxylic acids is 1. The number of carbonyl (C=O) groups excluding carboxylic acids is 1. The van der Waals surface area contributed by atoms with E-state index in [0.29, 0.717) is 33.4 Å². The predicted molar refractivity (Wildman–Crippen MR) is 132 cm³/mol. The fourth-order valence-corrected chi connectivity index (χ4v) is 4.31. The van der Waals surface area contributed by atoms with E-state index in [9.17, 15) is 14.7 Å². The normalized spacial score (nSPS) is 11.5. The average Bonchev–Trinajstić information content (AvgIpc) is 3.22. The lowest BCUT2D eigenvalue weighted by molar-refractivity contribution is -0.114. The minimum absolute atomic E-state index is 0.0119. The number of anilines is 1. The molecule has 0 saturated carbocycles. The van der Waals surface area contributed by atoms with E-state index in [1.165, 1.54) is 18.4 Å². The summed E-state index contributed by atoms with van der Waals surface area (Å²) < 4.78 is 11.2. The van der Waals surface area contributed by atoms with Crippen LogP contribution >= 0.6 is 22.9 Å². The first-order valence-corrected chi connectivity index (χ1v) is 11.5. The molecule has 2 aromatic carbocycles. The van der Waals surface area contributed by atoms with Gasteiger partial charge in [-0.1, -0.05) is 42.8 Å². The molecule has 0 aliphatic rings. The number of nitrogens with one attached hydrogen (secondary N) is 1. The molecule has 3 aromatic rings. The number of aryl methyl sites for hydroxylation is 1. The molecule has 6 nitrogen and oxygen atoms in total. The molecule has 0 bridgehead atoms. The molecule has 0 unspecified atom stereocenters. The van der Waals surface area contributed by atoms with E-state index in [0.717, 1.165) is 11.1 Å². The van der Waals surface area contributed by atoms with Gasteiger partial charge in [0.1, 0.15) is 17.1 Å². The Bertz CT molecular complexity index is 1230. The topological polar surface area (TPSA) is 84.9 Å². The number of amides is 1. The zero-order chi connectivity index (χ0) is 24.1. The van der Waals surface area contributed by atoms with E-state index in [4.69, 9.17) is 21.1 Å². The highest BCUT2D eigenvalue weighted by Gasteiger charge is 2.24. The van der Waals surface area contributed by atoms with Crippen LogP contribution in [0.15, 0.2) is 59.2 Å². The highest BCUT2D eigenvalue weighted by Crippen LogP contribution is 2.39. The molecule has 0 fully saturated rings. The molecule has 0 aliphatic heterocycles. The fourth-order valence-electron chi connectivity index (χ4n) is 3.12. The first-order valence-electron chi connectivity index (χ1n) is 10.2. The molecule has 0 saturated heterocycles. The first kappa shape index (κ1) is 24.4. The smallest absolute Gasteiger partial charge is 0.339 e. The van der Waals surface area contributed by atoms with Crippen molar-refractivity contribution in [1.82, 2.24) is 0 Å². The highest BCUT2D eigenvalue weighted by atomic mass is 35.5. The molecule has 0 radical (unpaired) electrons. The molecule has 0 spiro atoms. The SMILES string of the molecule is CC/C(C)=C(/Oc1ccccc1C)C(=O)Nc1csc(-c2ccc(Cl)c(OC)c2)c1C(=O)O. The van der Waals surface area contributed by atoms with Gasteiger partial charge >= 0.3 is 5.97 Å². The van der Waals surface area contributed by atoms with Crippen LogP contribution in [-0.2, 0) is 4.79 Å². The van der Waals surface area contributed by atoms with Gasteiger partial charge in [0.05, 0.1) is 22.7 Å². The molecule has 1 aromatic heterocycles. The second kappa shape index (κ2) is 10.6. The van der Waals surface area contributed by atoms with E-state index in [1.54, 1.807) is 29.6 Å². The van der Waals surface area contributed by atoms with Gasteiger partial charge in [-0.05, 0) is 55.2 Å². The second-order valence-electron chi connectivity index (χ2n) is 7.29. The van der Waals surface area contributed by atoms with E-state index >= 15 is 0 Å². The number of hydrogen-bond donors (Lipinski definition) is 2. The van der Waals surface area contributed by atoms with Gasteiger partial charge in [0.2, 0.25) is 0 Å². The highest BCUT2D eigenvalue weighted by molar-refractivity contribution is 7.14. The maximum atomic E-state index is 13.2. The third kappa shape index (κ3) is 5.38. The Labute approximate surface area is 201 Å². The van der Waals surface area contributed by atoms with Crippen LogP contribution in [0.4, 0.5) is 5.69 Å². The van der Waals surface area contributed by atoms with Crippen molar-refractivity contribution in [2.45, 2.75) is 27.2 Å². The number of methoxy groups -OCH3 is 1. The number of para-hydroxylation sites is 1. The van der Waals surface area contributed by atoms with Crippen LogP contribution in [0, 0.1) is 6.92 Å². The van der Waals surface area contributed by atoms with Crippen molar-refractivity contribution in [1.29, 1.82) is 0 Å². The number of carboxylic acid groups (broad SMARTS) is 1. The van der Waals surface area contributed by atoms with Crippen molar-refractivity contribution >= 4 is 40.5 Å². The van der Waals surface area contributed by atoms with Gasteiger partial charge in [-0.2, -0.15) is 0 Å². The lowest BCUT2D eigenvalue weighted by Crippen LogP contribution is -2.21. The Morgan fingerprint density at radius 1 is 1.15 bits per heavy atom. The number of thiophene rings is 1. The van der Waals surface area contributed by atoms with Crippen LogP contribution in [0.1, 0.15) is 36.2 Å². The standard InChI is InChI=1S/C25H24ClNO5S/c1-5-14(2)22(32-19-9-7-6-8-15(19)3)24(28)27-18-13-33-23(21(18)25(29)30)16-10-11-17(26)20(12-16)31-4/h6-13H,5H2,1-4H3,(H,27,28)(H,29,30)/b22-14+. The molecule has 0 aliphatic carbocycles. The zero-order valence-corrected chi connectivity index (χ0v) is 20.3. The van der Waals surface area contributed by atoms with Crippen molar-refractivity contribution in [3.05, 3.63) is 75.3 Å². The third-order valence-electron chi connectivity index (χ3n) is 5.10. The number of rotatable bonds is 8. The van der Waals surface area contributed by atoms with Crippen LogP contribution in [0.2, 0.25) is 5.02 Å². The minimum Gasteiger partial charge on any atom is -0.495 e. The summed E-state index contributed by atoms with van der Waals surface area (Å²) in [6, 6.07) is 12.4. The largest absolute Gasteiger partial charge is 0.495 e. The molecule has 0 atom stereocenters. The van der Waals surface area contributed by atoms with Crippen molar-refractivity contribution in [3.63, 3.8) is 0 Å². The van der Waals surface area contributed by atoms with Crippen LogP contribution in [0.3, 0.4) is 0 Å². The van der Waals surface area contributed by atoms with E-state index in [2.05, 4.69) is 5.32 Å². The summed E-state index contributed by atoms with van der Waals surface area (Å²) in [5.74, 6) is -0.539. The molecule has 1 heterocycles. The van der Waals surface area contributed by atoms with Gasteiger partial charge in [-0.15, -0.1) is 11.3 Å². The van der Waals surface area contributed by atoms with Gasteiger partial charge < -0.3 is 19.9 Å². The molecule has 33 heavy (non-hydrogen) atoms. The Kier molecular flexibility index (Phi) is 7.79. The lowest BCUT2D eigenvalue weighted by Gasteiger charge is -2.15. The Morgan fingerprint density at radius 3 is 2.52 bits per heavy atom. The van der Waals surface area contributed by atoms with Crippen LogP contribution in [0.25, 0.3) is 10.4 Å². The van der Waals surface area contributed by atoms with Crippen LogP contribution in [0.5, 0.6) is 11.5 Å². The maximum Gasteiger partial charge on any atom is 0.339 e. The first-order chi connectivity index (χ1) is 15.8. The summed E-state index contributed by atoms with van der Waals surface area (Å²) >= 11 is 7.31. The molecule has 1 amide bonds. The molecule has 3 rings (SSSR count). The Morgan fingerprint density at radius 2 is 1.88 bits per heavy atom. The summed E-state index contributed by atoms with van der Waals surface area (Å²) in [5, 5.41) is 14.7. The number of aromatic carboxylic acids is 1. The zero-order valence-electron chi connectivity index (χ0n) is 18.7. The van der Waals surface area contributed by atoms with E-state index in [1.807, 2.05) is 39.0 Å². The van der Waals surface area contributed by atoms with Gasteiger partial charge in [-0.25, -0.2) is 4.79 Å². The Hall–Kier alpha value is -3.29. The minimum atomic E-state index is -1.16. The number of halogens is 1.